The maximum atomic E-state index is 5.59. The van der Waals surface area contributed by atoms with Crippen LogP contribution in [-0.4, -0.2) is 43.8 Å². The summed E-state index contributed by atoms with van der Waals surface area (Å²) in [6.07, 6.45) is 0.980. The van der Waals surface area contributed by atoms with Crippen LogP contribution in [0, 0.1) is 12.8 Å². The molecule has 1 unspecified atom stereocenters. The first-order valence-corrected chi connectivity index (χ1v) is 6.91. The Hall–Kier alpha value is -1.36. The molecule has 1 N–H and O–H groups in total. The molecule has 108 valence electrons. The molecule has 19 heavy (non-hydrogen) atoms. The summed E-state index contributed by atoms with van der Waals surface area (Å²) < 4.78 is 5.59. The van der Waals surface area contributed by atoms with Gasteiger partial charge in [0.05, 0.1) is 6.61 Å². The standard InChI is InChI=1S/C14H26N4O/c1-6-7-19-13-8-12(3)16-14(17-13)18(5)10-11(2)9-15-4/h8,11,15H,6-7,9-10H2,1-5H3. The van der Waals surface area contributed by atoms with Crippen molar-refractivity contribution in [1.82, 2.24) is 15.3 Å². The van der Waals surface area contributed by atoms with Gasteiger partial charge in [-0.2, -0.15) is 4.98 Å². The highest BCUT2D eigenvalue weighted by Crippen LogP contribution is 2.15. The SMILES string of the molecule is CCCOc1cc(C)nc(N(C)CC(C)CNC)n1. The van der Waals surface area contributed by atoms with Crippen LogP contribution in [0.15, 0.2) is 6.07 Å². The molecule has 0 saturated heterocycles. The molecule has 0 spiro atoms. The highest BCUT2D eigenvalue weighted by Gasteiger charge is 2.11. The molecule has 0 amide bonds. The maximum Gasteiger partial charge on any atom is 0.228 e. The maximum absolute atomic E-state index is 5.59. The summed E-state index contributed by atoms with van der Waals surface area (Å²) in [6, 6.07) is 1.88. The van der Waals surface area contributed by atoms with E-state index >= 15 is 0 Å². The van der Waals surface area contributed by atoms with Crippen molar-refractivity contribution in [2.75, 3.05) is 38.7 Å². The van der Waals surface area contributed by atoms with Gasteiger partial charge in [-0.3, -0.25) is 0 Å². The predicted molar refractivity (Wildman–Crippen MR) is 78.9 cm³/mol. The highest BCUT2D eigenvalue weighted by molar-refractivity contribution is 5.33. The summed E-state index contributed by atoms with van der Waals surface area (Å²) in [5, 5.41) is 3.18. The Labute approximate surface area is 116 Å². The molecule has 0 saturated carbocycles. The molecule has 0 aliphatic heterocycles. The van der Waals surface area contributed by atoms with E-state index in [-0.39, 0.29) is 0 Å². The topological polar surface area (TPSA) is 50.3 Å². The Kier molecular flexibility index (Phi) is 6.56. The molecule has 0 bridgehead atoms. The van der Waals surface area contributed by atoms with Crippen LogP contribution < -0.4 is 15.0 Å². The fourth-order valence-corrected chi connectivity index (χ4v) is 1.94. The quantitative estimate of drug-likeness (QED) is 0.778. The lowest BCUT2D eigenvalue weighted by Crippen LogP contribution is -2.30. The van der Waals surface area contributed by atoms with Crippen molar-refractivity contribution in [3.63, 3.8) is 0 Å². The lowest BCUT2D eigenvalue weighted by molar-refractivity contribution is 0.304. The summed E-state index contributed by atoms with van der Waals surface area (Å²) in [7, 11) is 3.99. The summed E-state index contributed by atoms with van der Waals surface area (Å²) in [6.45, 7) is 8.84. The number of aryl methyl sites for hydroxylation is 1. The van der Waals surface area contributed by atoms with Crippen LogP contribution in [0.5, 0.6) is 5.88 Å². The monoisotopic (exact) mass is 266 g/mol. The number of hydrogen-bond acceptors (Lipinski definition) is 5. The van der Waals surface area contributed by atoms with Crippen LogP contribution in [-0.2, 0) is 0 Å². The Morgan fingerprint density at radius 2 is 2.16 bits per heavy atom. The summed E-state index contributed by atoms with van der Waals surface area (Å²) >= 11 is 0. The van der Waals surface area contributed by atoms with Gasteiger partial charge in [-0.15, -0.1) is 0 Å². The van der Waals surface area contributed by atoms with E-state index in [1.54, 1.807) is 0 Å². The number of nitrogens with one attached hydrogen (secondary N) is 1. The van der Waals surface area contributed by atoms with Crippen LogP contribution in [0.3, 0.4) is 0 Å². The molecule has 1 rings (SSSR count). The number of hydrogen-bond donors (Lipinski definition) is 1. The van der Waals surface area contributed by atoms with Crippen LogP contribution in [0.2, 0.25) is 0 Å². The Morgan fingerprint density at radius 3 is 2.79 bits per heavy atom. The third-order valence-corrected chi connectivity index (χ3v) is 2.75. The zero-order valence-electron chi connectivity index (χ0n) is 12.7. The first-order chi connectivity index (χ1) is 9.06. The average Bonchev–Trinajstić information content (AvgIpc) is 2.36. The molecule has 0 aliphatic carbocycles. The molecule has 5 nitrogen and oxygen atoms in total. The third-order valence-electron chi connectivity index (χ3n) is 2.75. The first-order valence-electron chi connectivity index (χ1n) is 6.91. The number of ether oxygens (including phenoxy) is 1. The zero-order valence-corrected chi connectivity index (χ0v) is 12.7. The fraction of sp³-hybridized carbons (Fsp3) is 0.714. The van der Waals surface area contributed by atoms with Crippen molar-refractivity contribution in [3.8, 4) is 5.88 Å². The minimum Gasteiger partial charge on any atom is -0.478 e. The van der Waals surface area contributed by atoms with Crippen molar-refractivity contribution in [1.29, 1.82) is 0 Å². The molecule has 5 heteroatoms. The average molecular weight is 266 g/mol. The predicted octanol–water partition coefficient (Wildman–Crippen LogP) is 1.87. The van der Waals surface area contributed by atoms with Gasteiger partial charge in [0.2, 0.25) is 11.8 Å². The summed E-state index contributed by atoms with van der Waals surface area (Å²) in [4.78, 5) is 11.0. The second kappa shape index (κ2) is 7.94. The molecule has 1 aromatic heterocycles. The highest BCUT2D eigenvalue weighted by atomic mass is 16.5. The van der Waals surface area contributed by atoms with Crippen molar-refractivity contribution in [2.24, 2.45) is 5.92 Å². The smallest absolute Gasteiger partial charge is 0.228 e. The van der Waals surface area contributed by atoms with E-state index in [1.807, 2.05) is 27.1 Å². The molecule has 0 aromatic carbocycles. The number of anilines is 1. The third kappa shape index (κ3) is 5.42. The van der Waals surface area contributed by atoms with Gasteiger partial charge >= 0.3 is 0 Å². The summed E-state index contributed by atoms with van der Waals surface area (Å²) in [5.74, 6) is 1.94. The van der Waals surface area contributed by atoms with Gasteiger partial charge in [0.1, 0.15) is 0 Å². The Bertz CT molecular complexity index is 384. The van der Waals surface area contributed by atoms with Gasteiger partial charge < -0.3 is 15.0 Å². The van der Waals surface area contributed by atoms with Crippen molar-refractivity contribution in [2.45, 2.75) is 27.2 Å². The molecule has 0 radical (unpaired) electrons. The minimum atomic E-state index is 0.541. The van der Waals surface area contributed by atoms with E-state index in [9.17, 15) is 0 Å². The molecule has 0 aliphatic rings. The van der Waals surface area contributed by atoms with Gasteiger partial charge in [0, 0.05) is 25.4 Å². The van der Waals surface area contributed by atoms with E-state index < -0.39 is 0 Å². The molecular weight excluding hydrogens is 240 g/mol. The second-order valence-electron chi connectivity index (χ2n) is 5.04. The van der Waals surface area contributed by atoms with Crippen LogP contribution >= 0.6 is 0 Å². The van der Waals surface area contributed by atoms with Crippen LogP contribution in [0.1, 0.15) is 26.0 Å². The number of rotatable bonds is 8. The van der Waals surface area contributed by atoms with Crippen LogP contribution in [0.25, 0.3) is 0 Å². The Morgan fingerprint density at radius 1 is 1.42 bits per heavy atom. The normalized spacial score (nSPS) is 12.3. The van der Waals surface area contributed by atoms with Crippen LogP contribution in [0.4, 0.5) is 5.95 Å². The minimum absolute atomic E-state index is 0.541. The van der Waals surface area contributed by atoms with Gasteiger partial charge in [0.15, 0.2) is 0 Å². The first kappa shape index (κ1) is 15.7. The molecule has 1 heterocycles. The lowest BCUT2D eigenvalue weighted by atomic mass is 10.2. The number of nitrogens with zero attached hydrogens (tertiary/aromatic N) is 3. The summed E-state index contributed by atoms with van der Waals surface area (Å²) in [5.41, 5.74) is 0.934. The second-order valence-corrected chi connectivity index (χ2v) is 5.04. The zero-order chi connectivity index (χ0) is 14.3. The van der Waals surface area contributed by atoms with E-state index in [0.29, 0.717) is 18.4 Å². The lowest BCUT2D eigenvalue weighted by Gasteiger charge is -2.22. The van der Waals surface area contributed by atoms with E-state index in [4.69, 9.17) is 4.74 Å². The van der Waals surface area contributed by atoms with Gasteiger partial charge in [-0.1, -0.05) is 13.8 Å². The van der Waals surface area contributed by atoms with E-state index in [0.717, 1.165) is 31.2 Å². The number of aromatic nitrogens is 2. The van der Waals surface area contributed by atoms with Gasteiger partial charge in [-0.05, 0) is 32.9 Å². The van der Waals surface area contributed by atoms with Crippen molar-refractivity contribution in [3.05, 3.63) is 11.8 Å². The molecule has 1 atom stereocenters. The Balaban J connectivity index is 2.72. The largest absolute Gasteiger partial charge is 0.478 e. The fourth-order valence-electron chi connectivity index (χ4n) is 1.94. The van der Waals surface area contributed by atoms with Crippen molar-refractivity contribution < 1.29 is 4.74 Å². The van der Waals surface area contributed by atoms with Gasteiger partial charge in [-0.25, -0.2) is 4.98 Å². The van der Waals surface area contributed by atoms with Gasteiger partial charge in [0.25, 0.3) is 0 Å². The molecule has 1 aromatic rings. The van der Waals surface area contributed by atoms with Crippen molar-refractivity contribution >= 4 is 5.95 Å². The molecular formula is C14H26N4O. The van der Waals surface area contributed by atoms with E-state index in [1.165, 1.54) is 0 Å². The molecule has 0 fully saturated rings. The van der Waals surface area contributed by atoms with E-state index in [2.05, 4.69) is 34.0 Å².